The highest BCUT2D eigenvalue weighted by Gasteiger charge is 2.62. The van der Waals surface area contributed by atoms with Crippen molar-refractivity contribution in [3.8, 4) is 0 Å². The zero-order valence-electron chi connectivity index (χ0n) is 6.70. The van der Waals surface area contributed by atoms with Crippen LogP contribution in [0.2, 0.25) is 0 Å². The Labute approximate surface area is 85.3 Å². The SMILES string of the molecule is O=C1OC(=O)[C@H]2[C@H](CCl)[C@@H](CCl)[C@@H]12. The Kier molecular flexibility index (Phi) is 2.24. The summed E-state index contributed by atoms with van der Waals surface area (Å²) in [6.07, 6.45) is 0. The van der Waals surface area contributed by atoms with Crippen LogP contribution < -0.4 is 0 Å². The van der Waals surface area contributed by atoms with Crippen molar-refractivity contribution in [1.82, 2.24) is 0 Å². The molecular weight excluding hydrogens is 215 g/mol. The van der Waals surface area contributed by atoms with Crippen LogP contribution in [0, 0.1) is 23.7 Å². The minimum absolute atomic E-state index is 0.0168. The Bertz CT molecular complexity index is 240. The largest absolute Gasteiger partial charge is 0.393 e. The van der Waals surface area contributed by atoms with Crippen molar-refractivity contribution in [2.45, 2.75) is 0 Å². The number of carbonyl (C=O) groups is 2. The average Bonchev–Trinajstić information content (AvgIpc) is 2.25. The van der Waals surface area contributed by atoms with E-state index in [1.165, 1.54) is 0 Å². The third-order valence-corrected chi connectivity index (χ3v) is 3.67. The number of alkyl halides is 2. The predicted octanol–water partition coefficient (Wildman–Crippen LogP) is 1.03. The van der Waals surface area contributed by atoms with Gasteiger partial charge in [0.25, 0.3) is 0 Å². The molecule has 2 fully saturated rings. The molecule has 0 spiro atoms. The molecule has 1 saturated heterocycles. The van der Waals surface area contributed by atoms with Gasteiger partial charge in [-0.05, 0) is 11.8 Å². The number of halogens is 2. The van der Waals surface area contributed by atoms with Crippen LogP contribution in [0.5, 0.6) is 0 Å². The lowest BCUT2D eigenvalue weighted by molar-refractivity contribution is -0.153. The van der Waals surface area contributed by atoms with Gasteiger partial charge in [0.1, 0.15) is 0 Å². The number of ether oxygens (including phenoxy) is 1. The van der Waals surface area contributed by atoms with Crippen molar-refractivity contribution < 1.29 is 14.3 Å². The predicted molar refractivity (Wildman–Crippen MR) is 46.5 cm³/mol. The molecule has 13 heavy (non-hydrogen) atoms. The first kappa shape index (κ1) is 9.28. The quantitative estimate of drug-likeness (QED) is 0.399. The summed E-state index contributed by atoms with van der Waals surface area (Å²) >= 11 is 11.4. The Balaban J connectivity index is 2.20. The van der Waals surface area contributed by atoms with Crippen LogP contribution in [0.3, 0.4) is 0 Å². The number of hydrogen-bond donors (Lipinski definition) is 0. The van der Waals surface area contributed by atoms with Crippen molar-refractivity contribution >= 4 is 35.1 Å². The fourth-order valence-electron chi connectivity index (χ4n) is 2.22. The molecule has 5 heteroatoms. The Morgan fingerprint density at radius 3 is 1.69 bits per heavy atom. The maximum atomic E-state index is 11.1. The van der Waals surface area contributed by atoms with Crippen LogP contribution in [-0.2, 0) is 14.3 Å². The van der Waals surface area contributed by atoms with Crippen molar-refractivity contribution in [1.29, 1.82) is 0 Å². The monoisotopic (exact) mass is 222 g/mol. The second-order valence-corrected chi connectivity index (χ2v) is 4.05. The number of esters is 2. The zero-order valence-corrected chi connectivity index (χ0v) is 8.22. The van der Waals surface area contributed by atoms with Crippen LogP contribution >= 0.6 is 23.2 Å². The van der Waals surface area contributed by atoms with Crippen LogP contribution in [0.15, 0.2) is 0 Å². The van der Waals surface area contributed by atoms with Crippen molar-refractivity contribution in [2.24, 2.45) is 23.7 Å². The minimum atomic E-state index is -0.429. The summed E-state index contributed by atoms with van der Waals surface area (Å²) in [5, 5.41) is 0. The zero-order chi connectivity index (χ0) is 9.59. The van der Waals surface area contributed by atoms with E-state index in [4.69, 9.17) is 23.2 Å². The molecule has 1 aliphatic heterocycles. The van der Waals surface area contributed by atoms with Crippen LogP contribution in [0.1, 0.15) is 0 Å². The number of carbonyl (C=O) groups excluding carboxylic acids is 2. The summed E-state index contributed by atoms with van der Waals surface area (Å²) in [5.41, 5.74) is 0. The molecule has 0 radical (unpaired) electrons. The van der Waals surface area contributed by atoms with Gasteiger partial charge in [-0.1, -0.05) is 0 Å². The Hall–Kier alpha value is -0.280. The molecular formula is C8H8Cl2O3. The summed E-state index contributed by atoms with van der Waals surface area (Å²) in [4.78, 5) is 22.3. The Morgan fingerprint density at radius 2 is 1.38 bits per heavy atom. The highest BCUT2D eigenvalue weighted by molar-refractivity contribution is 6.20. The standard InChI is InChI=1S/C8H8Cl2O3/c9-1-3-4(2-10)6-5(3)7(11)13-8(6)12/h3-6H,1-2H2/t3-,4-,5-,6+/m1/s1. The molecule has 1 aliphatic carbocycles. The van der Waals surface area contributed by atoms with Crippen LogP contribution in [0.4, 0.5) is 0 Å². The molecule has 1 heterocycles. The van der Waals surface area contributed by atoms with Gasteiger partial charge in [-0.15, -0.1) is 23.2 Å². The highest BCUT2D eigenvalue weighted by Crippen LogP contribution is 2.51. The van der Waals surface area contributed by atoms with E-state index in [9.17, 15) is 9.59 Å². The third-order valence-electron chi connectivity index (χ3n) is 2.96. The molecule has 0 bridgehead atoms. The fraction of sp³-hybridized carbons (Fsp3) is 0.750. The first-order chi connectivity index (χ1) is 6.20. The van der Waals surface area contributed by atoms with Crippen LogP contribution in [-0.4, -0.2) is 23.7 Å². The highest BCUT2D eigenvalue weighted by atomic mass is 35.5. The number of hydrogen-bond acceptors (Lipinski definition) is 3. The van der Waals surface area contributed by atoms with E-state index < -0.39 is 11.9 Å². The first-order valence-corrected chi connectivity index (χ1v) is 5.15. The number of fused-ring (bicyclic) bond motifs is 1. The lowest BCUT2D eigenvalue weighted by atomic mass is 9.59. The number of rotatable bonds is 2. The molecule has 0 aromatic rings. The van der Waals surface area contributed by atoms with Gasteiger partial charge in [-0.2, -0.15) is 0 Å². The van der Waals surface area contributed by atoms with Gasteiger partial charge in [-0.3, -0.25) is 9.59 Å². The van der Waals surface area contributed by atoms with E-state index in [2.05, 4.69) is 4.74 Å². The minimum Gasteiger partial charge on any atom is -0.393 e. The van der Waals surface area contributed by atoms with Gasteiger partial charge >= 0.3 is 11.9 Å². The average molecular weight is 223 g/mol. The molecule has 2 aliphatic rings. The van der Waals surface area contributed by atoms with E-state index in [0.717, 1.165) is 0 Å². The Morgan fingerprint density at radius 1 is 1.00 bits per heavy atom. The third kappa shape index (κ3) is 1.10. The molecule has 1 saturated carbocycles. The van der Waals surface area contributed by atoms with Gasteiger partial charge < -0.3 is 4.74 Å². The molecule has 0 N–H and O–H groups in total. The summed E-state index contributed by atoms with van der Waals surface area (Å²) in [5.74, 6) is -0.750. The van der Waals surface area contributed by atoms with E-state index in [1.807, 2.05) is 0 Å². The van der Waals surface area contributed by atoms with Crippen molar-refractivity contribution in [3.05, 3.63) is 0 Å². The summed E-state index contributed by atoms with van der Waals surface area (Å²) in [6.45, 7) is 0. The van der Waals surface area contributed by atoms with Crippen molar-refractivity contribution in [2.75, 3.05) is 11.8 Å². The second kappa shape index (κ2) is 3.14. The van der Waals surface area contributed by atoms with Crippen LogP contribution in [0.25, 0.3) is 0 Å². The van der Waals surface area contributed by atoms with Gasteiger partial charge in [-0.25, -0.2) is 0 Å². The molecule has 2 rings (SSSR count). The molecule has 72 valence electrons. The maximum absolute atomic E-state index is 11.1. The van der Waals surface area contributed by atoms with Gasteiger partial charge in [0.05, 0.1) is 11.8 Å². The van der Waals surface area contributed by atoms with Crippen molar-refractivity contribution in [3.63, 3.8) is 0 Å². The maximum Gasteiger partial charge on any atom is 0.317 e. The summed E-state index contributed by atoms with van der Waals surface area (Å²) < 4.78 is 4.52. The van der Waals surface area contributed by atoms with Gasteiger partial charge in [0.2, 0.25) is 0 Å². The molecule has 4 atom stereocenters. The van der Waals surface area contributed by atoms with E-state index >= 15 is 0 Å². The summed E-state index contributed by atoms with van der Waals surface area (Å²) in [7, 11) is 0. The van der Waals surface area contributed by atoms with E-state index in [1.54, 1.807) is 0 Å². The second-order valence-electron chi connectivity index (χ2n) is 3.43. The fourth-order valence-corrected chi connectivity index (χ4v) is 3.06. The topological polar surface area (TPSA) is 43.4 Å². The molecule has 0 unspecified atom stereocenters. The molecule has 3 nitrogen and oxygen atoms in total. The molecule has 0 aromatic heterocycles. The molecule has 0 amide bonds. The first-order valence-electron chi connectivity index (χ1n) is 4.08. The van der Waals surface area contributed by atoms with E-state index in [-0.39, 0.29) is 23.7 Å². The molecule has 0 aromatic carbocycles. The summed E-state index contributed by atoms with van der Waals surface area (Å²) in [6, 6.07) is 0. The normalized spacial score (nSPS) is 42.6. The lowest BCUT2D eigenvalue weighted by Gasteiger charge is -2.42. The number of cyclic esters (lactones) is 2. The van der Waals surface area contributed by atoms with Gasteiger partial charge in [0, 0.05) is 11.8 Å². The smallest absolute Gasteiger partial charge is 0.317 e. The lowest BCUT2D eigenvalue weighted by Crippen LogP contribution is -2.50. The van der Waals surface area contributed by atoms with E-state index in [0.29, 0.717) is 11.8 Å². The van der Waals surface area contributed by atoms with Gasteiger partial charge in [0.15, 0.2) is 0 Å².